The Labute approximate surface area is 239 Å². The largest absolute Gasteiger partial charge is 0.361 e. The molecule has 0 radical (unpaired) electrons. The van der Waals surface area contributed by atoms with Crippen LogP contribution in [0.15, 0.2) is 59.0 Å². The molecule has 1 aromatic carbocycles. The Kier molecular flexibility index (Phi) is 8.97. The van der Waals surface area contributed by atoms with Gasteiger partial charge in [-0.1, -0.05) is 43.0 Å². The summed E-state index contributed by atoms with van der Waals surface area (Å²) in [7, 11) is 0. The lowest BCUT2D eigenvalue weighted by Gasteiger charge is -2.38. The SMILES string of the molecule is CC1CCCCN1c1cc(Sc2ncccn2)nc(NC(=S)NCC2(c3ccc(Cl)cc3)CCCCC2)n1. The van der Waals surface area contributed by atoms with Crippen molar-refractivity contribution in [3.63, 3.8) is 0 Å². The van der Waals surface area contributed by atoms with E-state index in [2.05, 4.69) is 44.6 Å². The van der Waals surface area contributed by atoms with Crippen LogP contribution in [-0.4, -0.2) is 44.2 Å². The van der Waals surface area contributed by atoms with E-state index in [1.807, 2.05) is 24.3 Å². The topological polar surface area (TPSA) is 78.9 Å². The number of piperidine rings is 1. The molecule has 0 amide bonds. The number of hydrogen-bond donors (Lipinski definition) is 2. The molecule has 3 heterocycles. The second-order valence-corrected chi connectivity index (χ2v) is 12.0. The predicted octanol–water partition coefficient (Wildman–Crippen LogP) is 6.64. The van der Waals surface area contributed by atoms with Crippen molar-refractivity contribution >= 4 is 52.5 Å². The van der Waals surface area contributed by atoms with Crippen LogP contribution in [0.5, 0.6) is 0 Å². The van der Waals surface area contributed by atoms with E-state index >= 15 is 0 Å². The van der Waals surface area contributed by atoms with Gasteiger partial charge in [-0.05, 0) is 86.8 Å². The van der Waals surface area contributed by atoms with Gasteiger partial charge in [0, 0.05) is 48.0 Å². The van der Waals surface area contributed by atoms with Crippen molar-refractivity contribution in [2.45, 2.75) is 79.9 Å². The molecule has 1 saturated carbocycles. The highest BCUT2D eigenvalue weighted by Gasteiger charge is 2.34. The summed E-state index contributed by atoms with van der Waals surface area (Å²) in [6, 6.07) is 12.6. The van der Waals surface area contributed by atoms with Gasteiger partial charge >= 0.3 is 0 Å². The third-order valence-electron chi connectivity index (χ3n) is 7.60. The molecule has 2 aliphatic rings. The van der Waals surface area contributed by atoms with Crippen LogP contribution in [0.3, 0.4) is 0 Å². The molecule has 2 aromatic heterocycles. The number of benzene rings is 1. The first kappa shape index (κ1) is 27.1. The highest BCUT2D eigenvalue weighted by Crippen LogP contribution is 2.39. The Hall–Kier alpha value is -2.49. The van der Waals surface area contributed by atoms with E-state index in [9.17, 15) is 0 Å². The lowest BCUT2D eigenvalue weighted by atomic mass is 9.69. The van der Waals surface area contributed by atoms with E-state index in [0.717, 1.165) is 54.6 Å². The van der Waals surface area contributed by atoms with Crippen LogP contribution in [0, 0.1) is 0 Å². The molecule has 0 bridgehead atoms. The smallest absolute Gasteiger partial charge is 0.232 e. The van der Waals surface area contributed by atoms with Gasteiger partial charge in [0.1, 0.15) is 10.8 Å². The molecule has 0 spiro atoms. The van der Waals surface area contributed by atoms with E-state index in [0.29, 0.717) is 22.3 Å². The van der Waals surface area contributed by atoms with Crippen LogP contribution < -0.4 is 15.5 Å². The molecular formula is C28H34ClN7S2. The molecule has 1 atom stereocenters. The first-order valence-electron chi connectivity index (χ1n) is 13.4. The molecule has 7 nitrogen and oxygen atoms in total. The van der Waals surface area contributed by atoms with Gasteiger partial charge in [-0.2, -0.15) is 4.98 Å². The van der Waals surface area contributed by atoms with Gasteiger partial charge in [-0.25, -0.2) is 15.0 Å². The summed E-state index contributed by atoms with van der Waals surface area (Å²) in [6.45, 7) is 3.99. The predicted molar refractivity (Wildman–Crippen MR) is 159 cm³/mol. The fourth-order valence-corrected chi connectivity index (χ4v) is 6.53. The Balaban J connectivity index is 1.33. The lowest BCUT2D eigenvalue weighted by molar-refractivity contribution is 0.292. The van der Waals surface area contributed by atoms with Crippen molar-refractivity contribution in [2.24, 2.45) is 0 Å². The minimum atomic E-state index is 0.0339. The van der Waals surface area contributed by atoms with Crippen molar-refractivity contribution < 1.29 is 0 Å². The lowest BCUT2D eigenvalue weighted by Crippen LogP contribution is -2.43. The van der Waals surface area contributed by atoms with Crippen LogP contribution >= 0.6 is 35.6 Å². The Morgan fingerprint density at radius 2 is 1.84 bits per heavy atom. The average molecular weight is 568 g/mol. The summed E-state index contributed by atoms with van der Waals surface area (Å²) in [4.78, 5) is 20.7. The summed E-state index contributed by atoms with van der Waals surface area (Å²) in [5.74, 6) is 1.39. The van der Waals surface area contributed by atoms with Crippen LogP contribution in [-0.2, 0) is 5.41 Å². The average Bonchev–Trinajstić information content (AvgIpc) is 2.93. The van der Waals surface area contributed by atoms with Gasteiger partial charge < -0.3 is 15.5 Å². The second kappa shape index (κ2) is 12.6. The highest BCUT2D eigenvalue weighted by atomic mass is 35.5. The number of nitrogens with zero attached hydrogens (tertiary/aromatic N) is 5. The maximum absolute atomic E-state index is 6.18. The molecule has 2 N–H and O–H groups in total. The number of rotatable bonds is 7. The van der Waals surface area contributed by atoms with Crippen LogP contribution in [0.2, 0.25) is 5.02 Å². The summed E-state index contributed by atoms with van der Waals surface area (Å²) in [6.07, 6.45) is 13.0. The Bertz CT molecular complexity index is 1220. The first-order valence-corrected chi connectivity index (χ1v) is 15.0. The van der Waals surface area contributed by atoms with Crippen LogP contribution in [0.4, 0.5) is 11.8 Å². The van der Waals surface area contributed by atoms with E-state index < -0.39 is 0 Å². The minimum Gasteiger partial charge on any atom is -0.361 e. The van der Waals surface area contributed by atoms with E-state index in [-0.39, 0.29) is 5.41 Å². The number of halogens is 1. The van der Waals surface area contributed by atoms with Crippen LogP contribution in [0.25, 0.3) is 0 Å². The summed E-state index contributed by atoms with van der Waals surface area (Å²) < 4.78 is 0. The van der Waals surface area contributed by atoms with E-state index in [4.69, 9.17) is 33.8 Å². The van der Waals surface area contributed by atoms with Crippen LogP contribution in [0.1, 0.15) is 63.9 Å². The number of aromatic nitrogens is 4. The zero-order valence-corrected chi connectivity index (χ0v) is 24.1. The van der Waals surface area contributed by atoms with Gasteiger partial charge in [-0.3, -0.25) is 0 Å². The molecule has 5 rings (SSSR count). The van der Waals surface area contributed by atoms with Crippen molar-refractivity contribution in [2.75, 3.05) is 23.3 Å². The quantitative estimate of drug-likeness (QED) is 0.185. The zero-order chi connectivity index (χ0) is 26.4. The summed E-state index contributed by atoms with van der Waals surface area (Å²) >= 11 is 13.4. The highest BCUT2D eigenvalue weighted by molar-refractivity contribution is 7.99. The molecule has 2 fully saturated rings. The zero-order valence-electron chi connectivity index (χ0n) is 21.7. The van der Waals surface area contributed by atoms with Gasteiger partial charge in [-0.15, -0.1) is 0 Å². The molecule has 10 heteroatoms. The van der Waals surface area contributed by atoms with Gasteiger partial charge in [0.25, 0.3) is 0 Å². The fourth-order valence-electron chi connectivity index (χ4n) is 5.53. The molecule has 3 aromatic rings. The maximum Gasteiger partial charge on any atom is 0.232 e. The molecule has 200 valence electrons. The molecular weight excluding hydrogens is 534 g/mol. The first-order chi connectivity index (χ1) is 18.5. The number of anilines is 2. The van der Waals surface area contributed by atoms with E-state index in [1.165, 1.54) is 43.0 Å². The molecule has 1 aliphatic heterocycles. The number of nitrogens with one attached hydrogen (secondary N) is 2. The van der Waals surface area contributed by atoms with Crippen molar-refractivity contribution in [1.29, 1.82) is 0 Å². The standard InChI is InChI=1S/C28H34ClN7S2/c1-20-8-3-6-17-36(20)23-18-24(38-27-30-15-7-16-31-27)34-25(33-23)35-26(37)32-19-28(13-4-2-5-14-28)21-9-11-22(29)12-10-21/h7,9-12,15-16,18,20H,2-6,8,13-14,17,19H2,1H3,(H2,32,33,34,35,37). The molecule has 1 aliphatic carbocycles. The Morgan fingerprint density at radius 3 is 2.58 bits per heavy atom. The van der Waals surface area contributed by atoms with Gasteiger partial charge in [0.2, 0.25) is 5.95 Å². The third kappa shape index (κ3) is 6.74. The van der Waals surface area contributed by atoms with Crippen molar-refractivity contribution in [1.82, 2.24) is 25.3 Å². The summed E-state index contributed by atoms with van der Waals surface area (Å²) in [5, 5.41) is 9.50. The van der Waals surface area contributed by atoms with Gasteiger partial charge in [0.15, 0.2) is 10.3 Å². The molecule has 1 saturated heterocycles. The minimum absolute atomic E-state index is 0.0339. The molecule has 1 unspecified atom stereocenters. The monoisotopic (exact) mass is 567 g/mol. The fraction of sp³-hybridized carbons (Fsp3) is 0.464. The Morgan fingerprint density at radius 1 is 1.08 bits per heavy atom. The number of hydrogen-bond acceptors (Lipinski definition) is 7. The maximum atomic E-state index is 6.18. The normalized spacial score (nSPS) is 19.1. The summed E-state index contributed by atoms with van der Waals surface area (Å²) in [5.41, 5.74) is 1.35. The van der Waals surface area contributed by atoms with E-state index in [1.54, 1.807) is 12.4 Å². The molecule has 38 heavy (non-hydrogen) atoms. The third-order valence-corrected chi connectivity index (χ3v) is 8.91. The second-order valence-electron chi connectivity index (χ2n) is 10.2. The van der Waals surface area contributed by atoms with Crippen molar-refractivity contribution in [3.05, 3.63) is 59.4 Å². The van der Waals surface area contributed by atoms with Gasteiger partial charge in [0.05, 0.1) is 0 Å². The van der Waals surface area contributed by atoms with Crippen molar-refractivity contribution in [3.8, 4) is 0 Å². The number of thiocarbonyl (C=S) groups is 1.